The molecule has 0 unspecified atom stereocenters. The molecule has 0 saturated carbocycles. The van der Waals surface area contributed by atoms with E-state index in [4.69, 9.17) is 4.98 Å². The number of rotatable bonds is 5. The second kappa shape index (κ2) is 7.09. The summed E-state index contributed by atoms with van der Waals surface area (Å²) in [4.78, 5) is 21.3. The first-order valence-electron chi connectivity index (χ1n) is 8.63. The molecule has 0 bridgehead atoms. The Bertz CT molecular complexity index is 516. The summed E-state index contributed by atoms with van der Waals surface area (Å²) < 4.78 is 0. The lowest BCUT2D eigenvalue weighted by Gasteiger charge is -2.34. The number of aromatic nitrogens is 1. The predicted octanol–water partition coefficient (Wildman–Crippen LogP) is 3.07. The minimum absolute atomic E-state index is 0.244. The smallest absolute Gasteiger partial charge is 0.219 e. The van der Waals surface area contributed by atoms with E-state index >= 15 is 0 Å². The van der Waals surface area contributed by atoms with Crippen LogP contribution in [0.15, 0.2) is 5.38 Å². The lowest BCUT2D eigenvalue weighted by Crippen LogP contribution is -2.47. The van der Waals surface area contributed by atoms with E-state index in [2.05, 4.69) is 22.1 Å². The number of thiazole rings is 1. The summed E-state index contributed by atoms with van der Waals surface area (Å²) in [5, 5.41) is 3.48. The van der Waals surface area contributed by atoms with Crippen LogP contribution in [0.2, 0.25) is 0 Å². The van der Waals surface area contributed by atoms with Gasteiger partial charge in [0.2, 0.25) is 5.91 Å². The van der Waals surface area contributed by atoms with Crippen LogP contribution in [0.1, 0.15) is 56.7 Å². The number of hydrogen-bond donors (Lipinski definition) is 0. The molecule has 2 aliphatic rings. The van der Waals surface area contributed by atoms with Gasteiger partial charge in [-0.05, 0) is 45.1 Å². The number of nitrogens with zero attached hydrogens (tertiary/aromatic N) is 3. The molecule has 2 fully saturated rings. The Morgan fingerprint density at radius 1 is 1.32 bits per heavy atom. The van der Waals surface area contributed by atoms with Crippen molar-refractivity contribution < 1.29 is 4.79 Å². The Kier molecular flexibility index (Phi) is 5.14. The van der Waals surface area contributed by atoms with Crippen LogP contribution >= 0.6 is 11.3 Å². The van der Waals surface area contributed by atoms with Crippen LogP contribution in [-0.2, 0) is 17.8 Å². The third-order valence-electron chi connectivity index (χ3n) is 4.99. The van der Waals surface area contributed by atoms with E-state index in [0.29, 0.717) is 12.1 Å². The largest absolute Gasteiger partial charge is 0.338 e. The summed E-state index contributed by atoms with van der Waals surface area (Å²) in [6, 6.07) is 0.955. The van der Waals surface area contributed by atoms with Crippen molar-refractivity contribution in [1.82, 2.24) is 14.8 Å². The summed E-state index contributed by atoms with van der Waals surface area (Å²) in [6.45, 7) is 6.96. The Morgan fingerprint density at radius 3 is 2.86 bits per heavy atom. The van der Waals surface area contributed by atoms with E-state index in [1.807, 2.05) is 0 Å². The monoisotopic (exact) mass is 321 g/mol. The molecule has 3 rings (SSSR count). The van der Waals surface area contributed by atoms with Crippen molar-refractivity contribution in [1.29, 1.82) is 0 Å². The zero-order valence-corrected chi connectivity index (χ0v) is 14.6. The summed E-state index contributed by atoms with van der Waals surface area (Å²) in [5.74, 6) is 0.244. The molecule has 122 valence electrons. The molecule has 0 aliphatic carbocycles. The third-order valence-corrected chi connectivity index (χ3v) is 5.95. The normalized spacial score (nSPS) is 26.0. The molecular weight excluding hydrogens is 294 g/mol. The summed E-state index contributed by atoms with van der Waals surface area (Å²) in [6.07, 6.45) is 7.05. The zero-order chi connectivity index (χ0) is 15.5. The number of likely N-dealkylation sites (tertiary alicyclic amines) is 2. The van der Waals surface area contributed by atoms with Crippen LogP contribution in [0.3, 0.4) is 0 Å². The van der Waals surface area contributed by atoms with Gasteiger partial charge in [0.1, 0.15) is 0 Å². The molecular formula is C17H27N3OS. The van der Waals surface area contributed by atoms with Gasteiger partial charge in [-0.2, -0.15) is 0 Å². The maximum absolute atomic E-state index is 11.9. The van der Waals surface area contributed by atoms with E-state index in [-0.39, 0.29) is 5.91 Å². The Balaban J connectivity index is 1.66. The Hall–Kier alpha value is -0.940. The zero-order valence-electron chi connectivity index (χ0n) is 13.8. The van der Waals surface area contributed by atoms with Gasteiger partial charge in [-0.1, -0.05) is 6.92 Å². The van der Waals surface area contributed by atoms with Gasteiger partial charge in [0, 0.05) is 37.5 Å². The van der Waals surface area contributed by atoms with Crippen molar-refractivity contribution in [2.45, 2.75) is 71.0 Å². The molecule has 22 heavy (non-hydrogen) atoms. The van der Waals surface area contributed by atoms with E-state index < -0.39 is 0 Å². The van der Waals surface area contributed by atoms with Crippen molar-refractivity contribution in [2.75, 3.05) is 13.1 Å². The van der Waals surface area contributed by atoms with Crippen LogP contribution in [0.25, 0.3) is 0 Å². The van der Waals surface area contributed by atoms with Crippen LogP contribution in [-0.4, -0.2) is 45.9 Å². The average molecular weight is 321 g/mol. The molecule has 0 aromatic carbocycles. The molecule has 2 saturated heterocycles. The Morgan fingerprint density at radius 2 is 2.09 bits per heavy atom. The molecule has 2 atom stereocenters. The molecule has 4 nitrogen and oxygen atoms in total. The van der Waals surface area contributed by atoms with Crippen LogP contribution in [0, 0.1) is 0 Å². The average Bonchev–Trinajstić information content (AvgIpc) is 3.19. The van der Waals surface area contributed by atoms with Crippen molar-refractivity contribution in [2.24, 2.45) is 0 Å². The van der Waals surface area contributed by atoms with Crippen molar-refractivity contribution in [3.05, 3.63) is 16.1 Å². The molecule has 0 spiro atoms. The highest BCUT2D eigenvalue weighted by molar-refractivity contribution is 7.09. The fourth-order valence-electron chi connectivity index (χ4n) is 4.03. The minimum atomic E-state index is 0.244. The van der Waals surface area contributed by atoms with Crippen molar-refractivity contribution in [3.63, 3.8) is 0 Å². The van der Waals surface area contributed by atoms with Crippen molar-refractivity contribution in [3.8, 4) is 0 Å². The molecule has 1 aromatic heterocycles. The molecule has 1 aromatic rings. The van der Waals surface area contributed by atoms with Gasteiger partial charge < -0.3 is 4.90 Å². The molecule has 2 aliphatic heterocycles. The van der Waals surface area contributed by atoms with Gasteiger partial charge in [0.25, 0.3) is 0 Å². The SMILES string of the molecule is CCCc1nc(CN2CCC[C@H]2[C@@H]2CCCN2C(C)=O)cs1. The minimum Gasteiger partial charge on any atom is -0.338 e. The maximum Gasteiger partial charge on any atom is 0.219 e. The highest BCUT2D eigenvalue weighted by Crippen LogP contribution is 2.31. The van der Waals surface area contributed by atoms with E-state index in [1.165, 1.54) is 30.0 Å². The highest BCUT2D eigenvalue weighted by Gasteiger charge is 2.38. The Labute approximate surface area is 137 Å². The summed E-state index contributed by atoms with van der Waals surface area (Å²) in [7, 11) is 0. The molecule has 0 N–H and O–H groups in total. The van der Waals surface area contributed by atoms with Gasteiger partial charge >= 0.3 is 0 Å². The number of carbonyl (C=O) groups is 1. The quantitative estimate of drug-likeness (QED) is 0.836. The summed E-state index contributed by atoms with van der Waals surface area (Å²) >= 11 is 1.79. The predicted molar refractivity (Wildman–Crippen MR) is 90.0 cm³/mol. The fraction of sp³-hybridized carbons (Fsp3) is 0.765. The van der Waals surface area contributed by atoms with Gasteiger partial charge in [0.05, 0.1) is 10.7 Å². The number of aryl methyl sites for hydroxylation is 1. The first-order valence-corrected chi connectivity index (χ1v) is 9.51. The topological polar surface area (TPSA) is 36.4 Å². The third kappa shape index (κ3) is 3.35. The lowest BCUT2D eigenvalue weighted by atomic mass is 10.0. The molecule has 0 radical (unpaired) electrons. The van der Waals surface area contributed by atoms with Gasteiger partial charge in [-0.3, -0.25) is 9.69 Å². The van der Waals surface area contributed by atoms with Crippen LogP contribution < -0.4 is 0 Å². The lowest BCUT2D eigenvalue weighted by molar-refractivity contribution is -0.130. The standard InChI is InChI=1S/C17H27N3OS/c1-3-6-17-18-14(12-22-17)11-19-9-4-7-15(19)16-8-5-10-20(16)13(2)21/h12,15-16H,3-11H2,1-2H3/t15-,16-/m0/s1. The van der Waals surface area contributed by atoms with E-state index in [0.717, 1.165) is 38.9 Å². The first-order chi connectivity index (χ1) is 10.7. The van der Waals surface area contributed by atoms with E-state index in [9.17, 15) is 4.79 Å². The van der Waals surface area contributed by atoms with Gasteiger partial charge in [-0.25, -0.2) is 4.98 Å². The molecule has 3 heterocycles. The maximum atomic E-state index is 11.9. The summed E-state index contributed by atoms with van der Waals surface area (Å²) in [5.41, 5.74) is 1.22. The number of carbonyl (C=O) groups excluding carboxylic acids is 1. The number of hydrogen-bond acceptors (Lipinski definition) is 4. The second-order valence-corrected chi connectivity index (χ2v) is 7.53. The van der Waals surface area contributed by atoms with Crippen LogP contribution in [0.4, 0.5) is 0 Å². The number of amides is 1. The molecule has 5 heteroatoms. The highest BCUT2D eigenvalue weighted by atomic mass is 32.1. The second-order valence-electron chi connectivity index (χ2n) is 6.58. The van der Waals surface area contributed by atoms with Gasteiger partial charge in [-0.15, -0.1) is 11.3 Å². The van der Waals surface area contributed by atoms with E-state index in [1.54, 1.807) is 18.3 Å². The first kappa shape index (κ1) is 15.9. The van der Waals surface area contributed by atoms with Crippen molar-refractivity contribution >= 4 is 17.2 Å². The fourth-order valence-corrected chi connectivity index (χ4v) is 4.92. The van der Waals surface area contributed by atoms with Gasteiger partial charge in [0.15, 0.2) is 0 Å². The molecule has 1 amide bonds. The van der Waals surface area contributed by atoms with Crippen LogP contribution in [0.5, 0.6) is 0 Å².